The smallest absolute Gasteiger partial charge is 0.265 e. The lowest BCUT2D eigenvalue weighted by molar-refractivity contribution is -0.880. The van der Waals surface area contributed by atoms with E-state index in [-0.39, 0.29) is 0 Å². The van der Waals surface area contributed by atoms with Gasteiger partial charge in [-0.3, -0.25) is 5.10 Å². The Morgan fingerprint density at radius 2 is 0.360 bits per heavy atom. The topological polar surface area (TPSA) is 46.0 Å². The van der Waals surface area contributed by atoms with E-state index in [2.05, 4.69) is 42.4 Å². The first-order valence-corrected chi connectivity index (χ1v) is 36.2. The average molecular weight is 1630 g/mol. The molecule has 0 aliphatic heterocycles. The summed E-state index contributed by atoms with van der Waals surface area (Å²) in [6.07, 6.45) is 50.8. The van der Waals surface area contributed by atoms with Gasteiger partial charge in [-0.05, 0) is 38.3 Å². The van der Waals surface area contributed by atoms with Gasteiger partial charge in [0, 0.05) is 32.8 Å². The number of rotatable bonds is 40. The summed E-state index contributed by atoms with van der Waals surface area (Å²) in [5, 5.41) is 5.81. The Morgan fingerprint density at radius 3 is 0.477 bits per heavy atom. The standard InChI is InChI=1S/C37H77N.2C18BF15.C2H2N3/c1-4-6-8-10-12-14-16-18-20-22-24-26-28-30-32-34-36-38(3)37-35-33-31-29-27-25-23-21-19-17-15-13-11-9-7-5-2;2*20-4-1(5(21)11(27)16(32)10(4)26)19(2-6(22)12(28)17(33)13(29)7(2)23)3-8(24)14(30)18(34)15(31)9(3)25;1-3-2-5-4-1/h4-37H2,1-3H3;;;1H,(H,3,4,5)/q;;;-1/p+1. The number of H-pyrrole nitrogens is 1. The van der Waals surface area contributed by atoms with Gasteiger partial charge >= 0.3 is 0 Å². The summed E-state index contributed by atoms with van der Waals surface area (Å²) in [4.78, 5) is 5.21. The van der Waals surface area contributed by atoms with Crippen molar-refractivity contribution in [3.8, 4) is 0 Å². The van der Waals surface area contributed by atoms with Crippen LogP contribution in [0.4, 0.5) is 132 Å². The molecule has 4 nitrogen and oxygen atoms in total. The van der Waals surface area contributed by atoms with E-state index >= 15 is 0 Å². The zero-order chi connectivity index (χ0) is 83.1. The highest BCUT2D eigenvalue weighted by atomic mass is 19.2. The lowest BCUT2D eigenvalue weighted by Gasteiger charge is -2.21. The third-order valence-electron chi connectivity index (χ3n) is 18.4. The van der Waals surface area contributed by atoms with Gasteiger partial charge in [0.2, 0.25) is 0 Å². The molecule has 111 heavy (non-hydrogen) atoms. The van der Waals surface area contributed by atoms with Gasteiger partial charge in [0.25, 0.3) is 13.4 Å². The molecule has 1 heterocycles. The van der Waals surface area contributed by atoms with E-state index in [0.717, 1.165) is 0 Å². The Balaban J connectivity index is 0.000000340. The van der Waals surface area contributed by atoms with Gasteiger partial charge in [-0.15, -0.1) is 0 Å². The zero-order valence-corrected chi connectivity index (χ0v) is 60.5. The van der Waals surface area contributed by atoms with Crippen molar-refractivity contribution in [2.75, 3.05) is 20.1 Å². The van der Waals surface area contributed by atoms with Crippen LogP contribution in [-0.4, -0.2) is 48.7 Å². The Bertz CT molecular complexity index is 3350. The summed E-state index contributed by atoms with van der Waals surface area (Å²) in [7, 11) is 2.43. The quantitative estimate of drug-likeness (QED) is 0.0100. The monoisotopic (exact) mass is 1630 g/mol. The van der Waals surface area contributed by atoms with Crippen LogP contribution in [0.15, 0.2) is 6.33 Å². The average Bonchev–Trinajstić information content (AvgIpc) is 0.833. The van der Waals surface area contributed by atoms with Crippen LogP contribution in [0.25, 0.3) is 0 Å². The van der Waals surface area contributed by atoms with Crippen molar-refractivity contribution in [2.24, 2.45) is 0 Å². The Hall–Kier alpha value is -7.55. The maximum Gasteiger partial charge on any atom is 0.265 e. The molecule has 36 heteroatoms. The van der Waals surface area contributed by atoms with Crippen molar-refractivity contribution in [2.45, 2.75) is 219 Å². The van der Waals surface area contributed by atoms with Crippen molar-refractivity contribution in [3.05, 3.63) is 187 Å². The molecule has 0 unspecified atom stereocenters. The predicted molar refractivity (Wildman–Crippen MR) is 358 cm³/mol. The minimum Gasteiger partial charge on any atom is -0.421 e. The first-order valence-electron chi connectivity index (χ1n) is 36.2. The molecule has 7 aromatic rings. The molecule has 0 spiro atoms. The predicted octanol–water partition coefficient (Wildman–Crippen LogP) is 20.2. The summed E-state index contributed by atoms with van der Waals surface area (Å²) in [5.41, 5.74) is -16.1. The minimum absolute atomic E-state index is 1.37. The van der Waals surface area contributed by atoms with Crippen LogP contribution in [0, 0.1) is 181 Å². The van der Waals surface area contributed by atoms with Crippen LogP contribution >= 0.6 is 0 Å². The molecule has 6 aromatic carbocycles. The number of nitrogens with one attached hydrogen (secondary N) is 2. The number of halogens is 30. The molecule has 0 fully saturated rings. The molecule has 0 radical (unpaired) electrons. The number of aromatic nitrogens is 3. The van der Waals surface area contributed by atoms with E-state index in [1.807, 2.05) is 0 Å². The zero-order valence-electron chi connectivity index (χ0n) is 60.5. The number of hydrogen-bond acceptors (Lipinski definition) is 2. The third kappa shape index (κ3) is 25.5. The number of hydrogen-bond donors (Lipinski definition) is 2. The molecule has 0 aliphatic rings. The van der Waals surface area contributed by atoms with E-state index in [4.69, 9.17) is 0 Å². The molecule has 0 atom stereocenters. The fourth-order valence-corrected chi connectivity index (χ4v) is 12.3. The van der Waals surface area contributed by atoms with Gasteiger partial charge in [-0.2, -0.15) is 0 Å². The highest BCUT2D eigenvalue weighted by Crippen LogP contribution is 2.28. The van der Waals surface area contributed by atoms with E-state index < -0.39 is 221 Å². The van der Waals surface area contributed by atoms with Crippen LogP contribution < -0.4 is 37.7 Å². The van der Waals surface area contributed by atoms with Crippen molar-refractivity contribution < 1.29 is 137 Å². The van der Waals surface area contributed by atoms with Gasteiger partial charge in [-0.1, -0.05) is 194 Å². The second-order valence-corrected chi connectivity index (χ2v) is 26.4. The number of nitrogens with zero attached hydrogens (tertiary/aromatic N) is 2. The number of quaternary nitrogens is 1. The molecule has 0 aliphatic carbocycles. The van der Waals surface area contributed by atoms with Crippen LogP contribution in [0.1, 0.15) is 219 Å². The molecule has 616 valence electrons. The molecule has 2 N–H and O–H groups in total. The maximum absolute atomic E-state index is 14.4. The highest BCUT2D eigenvalue weighted by molar-refractivity contribution is 6.96. The lowest BCUT2D eigenvalue weighted by Crippen LogP contribution is -3.09. The third-order valence-corrected chi connectivity index (χ3v) is 18.4. The lowest BCUT2D eigenvalue weighted by atomic mass is 9.36. The summed E-state index contributed by atoms with van der Waals surface area (Å²) >= 11 is 0. The van der Waals surface area contributed by atoms with E-state index in [1.165, 1.54) is 225 Å². The van der Waals surface area contributed by atoms with Gasteiger partial charge in [0.15, 0.2) is 175 Å². The first-order chi connectivity index (χ1) is 52.6. The fraction of sp³-hybridized carbons (Fsp3) is 0.493. The SMILES string of the molecule is CCCCCCCCCCCCCCCCCC[NH+](C)CCCCCCCCCCCCCCCCCC.Fc1c(F)c(F)c(B(c2c(F)c(F)c(F)c(F)c2F)c2c(F)c(F)c(F)c(F)c2F)c(F)c1F.Fc1c(F)c(F)c(B(c2c(F)c(F)c(F)c(F)c2F)c2c(F)c(F)c(F)c(F)c2F)c(F)c1F.[c-]1nc[nH]n1. The maximum atomic E-state index is 14.4. The normalized spacial score (nSPS) is 11.3. The Morgan fingerprint density at radius 1 is 0.225 bits per heavy atom. The van der Waals surface area contributed by atoms with Gasteiger partial charge in [-0.25, -0.2) is 132 Å². The van der Waals surface area contributed by atoms with Crippen LogP contribution in [0.5, 0.6) is 0 Å². The molecule has 0 bridgehead atoms. The van der Waals surface area contributed by atoms with Crippen LogP contribution in [0.2, 0.25) is 0 Å². The van der Waals surface area contributed by atoms with Gasteiger partial charge in [0.05, 0.1) is 20.1 Å². The summed E-state index contributed by atoms with van der Waals surface area (Å²) < 4.78 is 417. The first kappa shape index (κ1) is 95.8. The number of unbranched alkanes of at least 4 members (excludes halogenated alkanes) is 30. The largest absolute Gasteiger partial charge is 0.421 e. The summed E-state index contributed by atoms with van der Waals surface area (Å²) in [6, 6.07) is 0. The van der Waals surface area contributed by atoms with Gasteiger partial charge < -0.3 is 15.0 Å². The number of benzene rings is 6. The number of aromatic amines is 1. The molecular weight excluding hydrogens is 1550 g/mol. The molecule has 0 saturated heterocycles. The second-order valence-electron chi connectivity index (χ2n) is 26.4. The molecule has 0 saturated carbocycles. The van der Waals surface area contributed by atoms with E-state index in [1.54, 1.807) is 4.90 Å². The highest BCUT2D eigenvalue weighted by Gasteiger charge is 2.47. The molecule has 7 rings (SSSR count). The minimum atomic E-state index is -3.96. The fourth-order valence-electron chi connectivity index (χ4n) is 12.3. The Labute approximate surface area is 622 Å². The van der Waals surface area contributed by atoms with Crippen molar-refractivity contribution >= 4 is 46.2 Å². The van der Waals surface area contributed by atoms with Crippen LogP contribution in [-0.2, 0) is 0 Å². The van der Waals surface area contributed by atoms with Crippen molar-refractivity contribution in [3.63, 3.8) is 0 Å². The van der Waals surface area contributed by atoms with Crippen molar-refractivity contribution in [1.82, 2.24) is 15.2 Å². The Kier molecular flexibility index (Phi) is 41.3. The van der Waals surface area contributed by atoms with E-state index in [9.17, 15) is 132 Å². The van der Waals surface area contributed by atoms with Gasteiger partial charge in [0.1, 0.15) is 0 Å². The summed E-state index contributed by atoms with van der Waals surface area (Å²) in [5.74, 6) is -90.4. The van der Waals surface area contributed by atoms with Crippen LogP contribution in [0.3, 0.4) is 0 Å². The van der Waals surface area contributed by atoms with Crippen molar-refractivity contribution in [1.29, 1.82) is 0 Å². The molecule has 1 aromatic heterocycles. The second kappa shape index (κ2) is 47.8. The van der Waals surface area contributed by atoms with E-state index in [0.29, 0.717) is 0 Å². The molecular formula is C75H80B2F30N4. The molecule has 0 amide bonds. The summed E-state index contributed by atoms with van der Waals surface area (Å²) in [6.45, 7) is -0.502.